The third-order valence-corrected chi connectivity index (χ3v) is 8.46. The highest BCUT2D eigenvalue weighted by atomic mass is 28.2. The lowest BCUT2D eigenvalue weighted by Gasteiger charge is -2.20. The standard InChI is InChI=1S/C33H60Si/c1-5-8-11-14-16-21-26-33-30(23-18-13-10-7-3)27-28-31(24-19-17-22-29-34-4)32(33)25-20-15-12-9-6-2/h27-28H,5-26,29H2,1-4H3. The van der Waals surface area contributed by atoms with Crippen LogP contribution in [-0.4, -0.2) is 9.52 Å². The molecule has 0 amide bonds. The molecule has 0 atom stereocenters. The summed E-state index contributed by atoms with van der Waals surface area (Å²) in [4.78, 5) is 0. The average molecular weight is 485 g/mol. The molecule has 0 saturated carbocycles. The van der Waals surface area contributed by atoms with Crippen LogP contribution in [0.5, 0.6) is 0 Å². The van der Waals surface area contributed by atoms with Crippen molar-refractivity contribution in [3.63, 3.8) is 0 Å². The fourth-order valence-corrected chi connectivity index (χ4v) is 6.01. The van der Waals surface area contributed by atoms with E-state index in [9.17, 15) is 0 Å². The third-order valence-electron chi connectivity index (χ3n) is 7.61. The van der Waals surface area contributed by atoms with Crippen LogP contribution in [0.3, 0.4) is 0 Å². The molecule has 0 spiro atoms. The monoisotopic (exact) mass is 484 g/mol. The molecule has 1 aromatic carbocycles. The van der Waals surface area contributed by atoms with Gasteiger partial charge in [0.1, 0.15) is 0 Å². The lowest BCUT2D eigenvalue weighted by Crippen LogP contribution is -2.07. The molecular formula is C33H60Si. The van der Waals surface area contributed by atoms with Gasteiger partial charge in [-0.2, -0.15) is 0 Å². The Balaban J connectivity index is 2.94. The van der Waals surface area contributed by atoms with Gasteiger partial charge >= 0.3 is 0 Å². The topological polar surface area (TPSA) is 0 Å². The Morgan fingerprint density at radius 3 is 1.24 bits per heavy atom. The molecule has 2 radical (unpaired) electrons. The van der Waals surface area contributed by atoms with E-state index in [4.69, 9.17) is 0 Å². The maximum atomic E-state index is 2.56. The highest BCUT2D eigenvalue weighted by molar-refractivity contribution is 6.33. The second kappa shape index (κ2) is 22.9. The maximum absolute atomic E-state index is 2.56. The molecule has 0 saturated heterocycles. The van der Waals surface area contributed by atoms with Crippen molar-refractivity contribution in [3.05, 3.63) is 34.4 Å². The fraction of sp³-hybridized carbons (Fsp3) is 0.818. The second-order valence-corrected chi connectivity index (χ2v) is 12.0. The van der Waals surface area contributed by atoms with E-state index in [0.29, 0.717) is 0 Å². The van der Waals surface area contributed by atoms with Gasteiger partial charge in [-0.1, -0.05) is 135 Å². The summed E-state index contributed by atoms with van der Waals surface area (Å²) in [5, 5.41) is 0. The Bertz CT molecular complexity index is 576. The summed E-state index contributed by atoms with van der Waals surface area (Å²) in [6, 6.07) is 6.55. The highest BCUT2D eigenvalue weighted by Gasteiger charge is 2.13. The van der Waals surface area contributed by atoms with Crippen LogP contribution in [-0.2, 0) is 25.7 Å². The van der Waals surface area contributed by atoms with E-state index in [1.807, 2.05) is 0 Å². The van der Waals surface area contributed by atoms with Gasteiger partial charge < -0.3 is 0 Å². The first-order valence-electron chi connectivity index (χ1n) is 15.5. The molecule has 0 aliphatic heterocycles. The number of aryl methyl sites for hydroxylation is 2. The number of hydrogen-bond donors (Lipinski definition) is 0. The fourth-order valence-electron chi connectivity index (χ4n) is 5.40. The molecule has 1 aromatic rings. The molecule has 196 valence electrons. The van der Waals surface area contributed by atoms with Crippen molar-refractivity contribution in [1.82, 2.24) is 0 Å². The van der Waals surface area contributed by atoms with Gasteiger partial charge in [-0.25, -0.2) is 0 Å². The van der Waals surface area contributed by atoms with E-state index in [-0.39, 0.29) is 0 Å². The SMILES string of the molecule is CCCCCCCCc1c(CCCCCC)ccc(CCCCC[Si]C)c1CCCCCCC. The summed E-state index contributed by atoms with van der Waals surface area (Å²) in [6.07, 6.45) is 30.5. The van der Waals surface area contributed by atoms with Gasteiger partial charge in [0.05, 0.1) is 0 Å². The first-order valence-corrected chi connectivity index (χ1v) is 17.3. The van der Waals surface area contributed by atoms with Gasteiger partial charge in [-0.05, 0) is 73.6 Å². The number of rotatable bonds is 24. The summed E-state index contributed by atoms with van der Waals surface area (Å²) in [5.41, 5.74) is 7.03. The average Bonchev–Trinajstić information content (AvgIpc) is 2.85. The van der Waals surface area contributed by atoms with Crippen molar-refractivity contribution < 1.29 is 0 Å². The Kier molecular flexibility index (Phi) is 21.2. The lowest BCUT2D eigenvalue weighted by atomic mass is 9.85. The van der Waals surface area contributed by atoms with Crippen molar-refractivity contribution in [3.8, 4) is 0 Å². The van der Waals surface area contributed by atoms with E-state index in [0.717, 1.165) is 9.52 Å². The van der Waals surface area contributed by atoms with Crippen LogP contribution in [0.4, 0.5) is 0 Å². The molecule has 0 aliphatic carbocycles. The minimum Gasteiger partial charge on any atom is -0.0733 e. The Hall–Kier alpha value is -0.563. The maximum Gasteiger partial charge on any atom is 0.0342 e. The van der Waals surface area contributed by atoms with Crippen LogP contribution in [0.2, 0.25) is 12.6 Å². The van der Waals surface area contributed by atoms with E-state index in [1.165, 1.54) is 147 Å². The molecule has 34 heavy (non-hydrogen) atoms. The van der Waals surface area contributed by atoms with Gasteiger partial charge in [-0.3, -0.25) is 0 Å². The van der Waals surface area contributed by atoms with Gasteiger partial charge in [0.15, 0.2) is 0 Å². The van der Waals surface area contributed by atoms with Gasteiger partial charge in [0.25, 0.3) is 0 Å². The van der Waals surface area contributed by atoms with Crippen LogP contribution >= 0.6 is 0 Å². The first-order chi connectivity index (χ1) is 16.8. The van der Waals surface area contributed by atoms with Crippen molar-refractivity contribution in [2.75, 3.05) is 0 Å². The zero-order valence-electron chi connectivity index (χ0n) is 23.9. The molecule has 0 nitrogen and oxygen atoms in total. The second-order valence-electron chi connectivity index (χ2n) is 10.7. The van der Waals surface area contributed by atoms with E-state index < -0.39 is 0 Å². The van der Waals surface area contributed by atoms with Gasteiger partial charge in [0, 0.05) is 9.52 Å². The first kappa shape index (κ1) is 31.5. The minimum absolute atomic E-state index is 1.13. The molecule has 0 bridgehead atoms. The van der Waals surface area contributed by atoms with Crippen LogP contribution in [0.1, 0.15) is 159 Å². The lowest BCUT2D eigenvalue weighted by molar-refractivity contribution is 0.599. The van der Waals surface area contributed by atoms with Crippen molar-refractivity contribution in [1.29, 1.82) is 0 Å². The smallest absolute Gasteiger partial charge is 0.0342 e. The van der Waals surface area contributed by atoms with Crippen molar-refractivity contribution in [2.45, 2.75) is 175 Å². The number of unbranched alkanes of at least 4 members (excludes halogenated alkanes) is 14. The summed E-state index contributed by atoms with van der Waals surface area (Å²) in [7, 11) is 1.13. The van der Waals surface area contributed by atoms with Crippen LogP contribution in [0.25, 0.3) is 0 Å². The molecule has 0 N–H and O–H groups in total. The largest absolute Gasteiger partial charge is 0.0733 e. The number of benzene rings is 1. The van der Waals surface area contributed by atoms with Gasteiger partial charge in [-0.15, -0.1) is 0 Å². The summed E-state index contributed by atoms with van der Waals surface area (Å²) < 4.78 is 0. The predicted octanol–water partition coefficient (Wildman–Crippen LogP) is 11.1. The molecule has 0 aliphatic rings. The summed E-state index contributed by atoms with van der Waals surface area (Å²) >= 11 is 0. The molecule has 0 fully saturated rings. The zero-order valence-corrected chi connectivity index (χ0v) is 24.9. The summed E-state index contributed by atoms with van der Waals surface area (Å²) in [6.45, 7) is 9.34. The molecular weight excluding hydrogens is 424 g/mol. The Labute approximate surface area is 218 Å². The highest BCUT2D eigenvalue weighted by Crippen LogP contribution is 2.28. The van der Waals surface area contributed by atoms with E-state index in [2.05, 4.69) is 39.5 Å². The van der Waals surface area contributed by atoms with E-state index in [1.54, 1.807) is 22.3 Å². The molecule has 0 heterocycles. The number of hydrogen-bond acceptors (Lipinski definition) is 0. The zero-order chi connectivity index (χ0) is 24.7. The predicted molar refractivity (Wildman–Crippen MR) is 158 cm³/mol. The molecule has 0 unspecified atom stereocenters. The van der Waals surface area contributed by atoms with E-state index >= 15 is 0 Å². The third kappa shape index (κ3) is 14.7. The molecule has 0 aromatic heterocycles. The Morgan fingerprint density at radius 1 is 0.441 bits per heavy atom. The molecule has 1 heteroatoms. The molecule has 1 rings (SSSR count). The van der Waals surface area contributed by atoms with Crippen molar-refractivity contribution in [2.24, 2.45) is 0 Å². The van der Waals surface area contributed by atoms with Crippen LogP contribution in [0.15, 0.2) is 12.1 Å². The summed E-state index contributed by atoms with van der Waals surface area (Å²) in [5.74, 6) is 0. The van der Waals surface area contributed by atoms with Crippen LogP contribution < -0.4 is 0 Å². The minimum atomic E-state index is 1.13. The van der Waals surface area contributed by atoms with Crippen LogP contribution in [0, 0.1) is 0 Å². The van der Waals surface area contributed by atoms with Crippen molar-refractivity contribution >= 4 is 9.52 Å². The van der Waals surface area contributed by atoms with Gasteiger partial charge in [0.2, 0.25) is 0 Å². The normalized spacial score (nSPS) is 11.4. The Morgan fingerprint density at radius 2 is 0.794 bits per heavy atom. The quantitative estimate of drug-likeness (QED) is 0.101.